The van der Waals surface area contributed by atoms with Crippen molar-refractivity contribution < 1.29 is 4.79 Å². The van der Waals surface area contributed by atoms with Gasteiger partial charge >= 0.3 is 0 Å². The van der Waals surface area contributed by atoms with Crippen LogP contribution < -0.4 is 5.73 Å². The maximum Gasteiger partial charge on any atom is 0.242 e. The number of carbonyl (C=O) groups excluding carboxylic acids is 1. The Kier molecular flexibility index (Phi) is 2.37. The molecule has 0 aliphatic rings. The summed E-state index contributed by atoms with van der Waals surface area (Å²) in [6.07, 6.45) is 2.03. The van der Waals surface area contributed by atoms with Crippen LogP contribution in [0.3, 0.4) is 0 Å². The number of nitrogens with two attached hydrogens (primary N) is 1. The Labute approximate surface area is 41.0 Å². The Hall–Kier alpha value is -1.30. The number of allylic oxidation sites excluding steroid dienone is 1. The van der Waals surface area contributed by atoms with Gasteiger partial charge in [0.1, 0.15) is 0 Å². The molecule has 0 bridgehead atoms. The second-order valence-corrected chi connectivity index (χ2v) is 0.865. The van der Waals surface area contributed by atoms with Crippen LogP contribution in [0.15, 0.2) is 12.2 Å². The molecule has 36 valence electrons. The topological polar surface area (TPSA) is 66.9 Å². The fourth-order valence-corrected chi connectivity index (χ4v) is 0.119. The fourth-order valence-electron chi connectivity index (χ4n) is 0.119. The first-order valence-corrected chi connectivity index (χ1v) is 1.63. The predicted octanol–water partition coefficient (Wildman–Crippen LogP) is -0.449. The van der Waals surface area contributed by atoms with Crippen molar-refractivity contribution in [2.75, 3.05) is 0 Å². The van der Waals surface area contributed by atoms with Crippen molar-refractivity contribution in [1.29, 1.82) is 5.26 Å². The van der Waals surface area contributed by atoms with E-state index in [-0.39, 0.29) is 0 Å². The number of hydrogen-bond donors (Lipinski definition) is 1. The van der Waals surface area contributed by atoms with Crippen LogP contribution in [-0.4, -0.2) is 5.91 Å². The molecule has 3 heteroatoms. The number of carbonyl (C=O) groups is 1. The first-order valence-electron chi connectivity index (χ1n) is 1.63. The third kappa shape index (κ3) is 4.70. The van der Waals surface area contributed by atoms with Gasteiger partial charge in [0, 0.05) is 12.2 Å². The molecule has 0 unspecified atom stereocenters. The van der Waals surface area contributed by atoms with Crippen LogP contribution in [0.1, 0.15) is 0 Å². The highest BCUT2D eigenvalue weighted by Crippen LogP contribution is 1.62. The van der Waals surface area contributed by atoms with Crippen LogP contribution in [0.25, 0.3) is 0 Å². The van der Waals surface area contributed by atoms with Crippen LogP contribution in [0, 0.1) is 11.3 Å². The number of hydrogen-bond acceptors (Lipinski definition) is 2. The van der Waals surface area contributed by atoms with E-state index in [1.165, 1.54) is 0 Å². The average Bonchev–Trinajstić information content (AvgIpc) is 1.61. The Balaban J connectivity index is 3.53. The molecule has 0 aromatic carbocycles. The quantitative estimate of drug-likeness (QED) is 0.355. The molecular formula is C4H4N2O. The molecule has 3 nitrogen and oxygen atoms in total. The Morgan fingerprint density at radius 2 is 2.43 bits per heavy atom. The fraction of sp³-hybridized carbons (Fsp3) is 0. The van der Waals surface area contributed by atoms with Crippen molar-refractivity contribution in [3.05, 3.63) is 12.2 Å². The van der Waals surface area contributed by atoms with Gasteiger partial charge in [-0.2, -0.15) is 5.26 Å². The second-order valence-electron chi connectivity index (χ2n) is 0.865. The minimum atomic E-state index is -0.596. The summed E-state index contributed by atoms with van der Waals surface area (Å²) in [7, 11) is 0. The number of rotatable bonds is 1. The molecule has 0 saturated heterocycles. The Morgan fingerprint density at radius 1 is 1.86 bits per heavy atom. The van der Waals surface area contributed by atoms with Gasteiger partial charge in [-0.1, -0.05) is 0 Å². The first-order chi connectivity index (χ1) is 3.27. The largest absolute Gasteiger partial charge is 0.366 e. The van der Waals surface area contributed by atoms with Gasteiger partial charge in [-0.25, -0.2) is 0 Å². The minimum absolute atomic E-state index is 0.596. The number of nitrogens with zero attached hydrogens (tertiary/aromatic N) is 1. The van der Waals surface area contributed by atoms with E-state index in [4.69, 9.17) is 5.26 Å². The van der Waals surface area contributed by atoms with E-state index in [0.29, 0.717) is 0 Å². The monoisotopic (exact) mass is 96.0 g/mol. The molecule has 0 radical (unpaired) electrons. The van der Waals surface area contributed by atoms with Crippen LogP contribution in [-0.2, 0) is 4.79 Å². The molecule has 0 spiro atoms. The minimum Gasteiger partial charge on any atom is -0.366 e. The van der Waals surface area contributed by atoms with E-state index in [2.05, 4.69) is 5.73 Å². The van der Waals surface area contributed by atoms with Crippen LogP contribution in [0.2, 0.25) is 0 Å². The van der Waals surface area contributed by atoms with E-state index in [1.54, 1.807) is 6.07 Å². The zero-order valence-corrected chi connectivity index (χ0v) is 3.59. The van der Waals surface area contributed by atoms with Gasteiger partial charge in [-0.05, 0) is 0 Å². The number of amides is 1. The number of nitriles is 1. The molecule has 0 rings (SSSR count). The molecule has 2 N–H and O–H groups in total. The normalized spacial score (nSPS) is 8.43. The molecule has 0 heterocycles. The van der Waals surface area contributed by atoms with Gasteiger partial charge in [-0.3, -0.25) is 4.79 Å². The SMILES string of the molecule is N#C/C=C/C(N)=O. The molecule has 0 atom stereocenters. The zero-order chi connectivity index (χ0) is 5.70. The molecule has 7 heavy (non-hydrogen) atoms. The molecule has 0 aromatic rings. The van der Waals surface area contributed by atoms with Crippen molar-refractivity contribution in [3.8, 4) is 6.07 Å². The lowest BCUT2D eigenvalue weighted by Gasteiger charge is -1.68. The van der Waals surface area contributed by atoms with Crippen molar-refractivity contribution in [2.45, 2.75) is 0 Å². The molecular weight excluding hydrogens is 92.1 g/mol. The standard InChI is InChI=1S/C4H4N2O/c5-3-1-2-4(6)7/h1-2H,(H2,6,7)/b2-1+. The molecule has 0 saturated carbocycles. The van der Waals surface area contributed by atoms with Crippen LogP contribution in [0.4, 0.5) is 0 Å². The van der Waals surface area contributed by atoms with Gasteiger partial charge in [-0.15, -0.1) is 0 Å². The molecule has 1 amide bonds. The zero-order valence-electron chi connectivity index (χ0n) is 3.59. The van der Waals surface area contributed by atoms with Gasteiger partial charge in [0.25, 0.3) is 0 Å². The van der Waals surface area contributed by atoms with E-state index < -0.39 is 5.91 Å². The second kappa shape index (κ2) is 2.91. The van der Waals surface area contributed by atoms with Crippen LogP contribution in [0.5, 0.6) is 0 Å². The van der Waals surface area contributed by atoms with Gasteiger partial charge in [0.2, 0.25) is 5.91 Å². The average molecular weight is 96.1 g/mol. The number of primary amides is 1. The summed E-state index contributed by atoms with van der Waals surface area (Å²) in [5.41, 5.74) is 4.60. The molecule has 0 aromatic heterocycles. The smallest absolute Gasteiger partial charge is 0.242 e. The van der Waals surface area contributed by atoms with Gasteiger partial charge in [0.15, 0.2) is 0 Å². The van der Waals surface area contributed by atoms with Crippen molar-refractivity contribution >= 4 is 5.91 Å². The lowest BCUT2D eigenvalue weighted by atomic mass is 10.5. The van der Waals surface area contributed by atoms with E-state index in [9.17, 15) is 4.79 Å². The maximum atomic E-state index is 9.74. The summed E-state index contributed by atoms with van der Waals surface area (Å²) in [4.78, 5) is 9.74. The van der Waals surface area contributed by atoms with Gasteiger partial charge in [0.05, 0.1) is 6.07 Å². The summed E-state index contributed by atoms with van der Waals surface area (Å²) in [5, 5.41) is 7.77. The molecule has 0 aliphatic heterocycles. The summed E-state index contributed by atoms with van der Waals surface area (Å²) >= 11 is 0. The van der Waals surface area contributed by atoms with Crippen molar-refractivity contribution in [1.82, 2.24) is 0 Å². The third-order valence-corrected chi connectivity index (χ3v) is 0.322. The summed E-state index contributed by atoms with van der Waals surface area (Å²) in [6, 6.07) is 1.62. The van der Waals surface area contributed by atoms with E-state index in [0.717, 1.165) is 12.2 Å². The summed E-state index contributed by atoms with van der Waals surface area (Å²) in [6.45, 7) is 0. The lowest BCUT2D eigenvalue weighted by molar-refractivity contribution is -0.113. The third-order valence-electron chi connectivity index (χ3n) is 0.322. The predicted molar refractivity (Wildman–Crippen MR) is 23.9 cm³/mol. The highest BCUT2D eigenvalue weighted by Gasteiger charge is 1.75. The van der Waals surface area contributed by atoms with E-state index >= 15 is 0 Å². The highest BCUT2D eigenvalue weighted by atomic mass is 16.1. The first kappa shape index (κ1) is 5.70. The van der Waals surface area contributed by atoms with Crippen LogP contribution >= 0.6 is 0 Å². The Morgan fingerprint density at radius 3 is 2.57 bits per heavy atom. The highest BCUT2D eigenvalue weighted by molar-refractivity contribution is 5.86. The lowest BCUT2D eigenvalue weighted by Crippen LogP contribution is -2.04. The van der Waals surface area contributed by atoms with Crippen molar-refractivity contribution in [3.63, 3.8) is 0 Å². The van der Waals surface area contributed by atoms with Crippen molar-refractivity contribution in [2.24, 2.45) is 5.73 Å². The van der Waals surface area contributed by atoms with E-state index in [1.807, 2.05) is 0 Å². The maximum absolute atomic E-state index is 9.74. The summed E-state index contributed by atoms with van der Waals surface area (Å²) in [5.74, 6) is -0.596. The molecule has 0 aliphatic carbocycles. The Bertz CT molecular complexity index is 131. The van der Waals surface area contributed by atoms with Gasteiger partial charge < -0.3 is 5.73 Å². The summed E-state index contributed by atoms with van der Waals surface area (Å²) < 4.78 is 0. The molecule has 0 fully saturated rings.